The van der Waals surface area contributed by atoms with Gasteiger partial charge in [0, 0.05) is 18.2 Å². The fourth-order valence-electron chi connectivity index (χ4n) is 2.50. The minimum Gasteiger partial charge on any atom is -0.355 e. The largest absolute Gasteiger partial charge is 0.355 e. The first-order valence-corrected chi connectivity index (χ1v) is 7.71. The minimum absolute atomic E-state index is 0.0452. The summed E-state index contributed by atoms with van der Waals surface area (Å²) in [6.45, 7) is 0. The third-order valence-electron chi connectivity index (χ3n) is 3.86. The van der Waals surface area contributed by atoms with Crippen molar-refractivity contribution in [1.29, 1.82) is 0 Å². The van der Waals surface area contributed by atoms with E-state index >= 15 is 0 Å². The normalized spacial score (nSPS) is 10.9. The van der Waals surface area contributed by atoms with Gasteiger partial charge in [0.05, 0.1) is 0 Å². The summed E-state index contributed by atoms with van der Waals surface area (Å²) in [4.78, 5) is 23.8. The topological polar surface area (TPSA) is 46.2 Å². The molecule has 1 amide bonds. The molecular formula is C21H17NO2. The zero-order valence-electron chi connectivity index (χ0n) is 13.3. The van der Waals surface area contributed by atoms with Crippen molar-refractivity contribution in [3.05, 3.63) is 89.5 Å². The van der Waals surface area contributed by atoms with Gasteiger partial charge >= 0.3 is 0 Å². The molecule has 0 aliphatic carbocycles. The molecule has 0 saturated heterocycles. The highest BCUT2D eigenvalue weighted by molar-refractivity contribution is 6.08. The first kappa shape index (κ1) is 15.7. The number of fused-ring (bicyclic) bond motifs is 1. The van der Waals surface area contributed by atoms with E-state index in [9.17, 15) is 9.59 Å². The Balaban J connectivity index is 1.77. The van der Waals surface area contributed by atoms with Crippen LogP contribution in [0.25, 0.3) is 16.8 Å². The van der Waals surface area contributed by atoms with Crippen LogP contribution < -0.4 is 5.32 Å². The summed E-state index contributed by atoms with van der Waals surface area (Å²) in [6, 6.07) is 20.7. The van der Waals surface area contributed by atoms with Crippen molar-refractivity contribution < 1.29 is 9.59 Å². The molecule has 0 aliphatic heterocycles. The monoisotopic (exact) mass is 315 g/mol. The van der Waals surface area contributed by atoms with Crippen molar-refractivity contribution in [2.75, 3.05) is 7.05 Å². The molecule has 0 unspecified atom stereocenters. The molecule has 1 N–H and O–H groups in total. The zero-order valence-corrected chi connectivity index (χ0v) is 13.3. The number of allylic oxidation sites excluding steroid dienone is 1. The number of hydrogen-bond donors (Lipinski definition) is 1. The lowest BCUT2D eigenvalue weighted by Crippen LogP contribution is -2.17. The second-order valence-electron chi connectivity index (χ2n) is 5.46. The molecule has 0 spiro atoms. The van der Waals surface area contributed by atoms with Crippen molar-refractivity contribution in [3.8, 4) is 0 Å². The van der Waals surface area contributed by atoms with E-state index in [1.807, 2.05) is 54.6 Å². The number of rotatable bonds is 4. The minimum atomic E-state index is -0.127. The molecule has 24 heavy (non-hydrogen) atoms. The summed E-state index contributed by atoms with van der Waals surface area (Å²) >= 11 is 0. The lowest BCUT2D eigenvalue weighted by Gasteiger charge is -2.01. The molecule has 3 aromatic carbocycles. The number of ketones is 1. The highest BCUT2D eigenvalue weighted by Crippen LogP contribution is 2.16. The van der Waals surface area contributed by atoms with Crippen LogP contribution in [0.1, 0.15) is 26.3 Å². The van der Waals surface area contributed by atoms with Crippen molar-refractivity contribution in [2.24, 2.45) is 0 Å². The van der Waals surface area contributed by atoms with E-state index < -0.39 is 0 Å². The lowest BCUT2D eigenvalue weighted by atomic mass is 10.0. The van der Waals surface area contributed by atoms with Crippen LogP contribution in [-0.2, 0) is 0 Å². The summed E-state index contributed by atoms with van der Waals surface area (Å²) in [6.07, 6.45) is 3.31. The number of hydrogen-bond acceptors (Lipinski definition) is 2. The molecule has 0 bridgehead atoms. The lowest BCUT2D eigenvalue weighted by molar-refractivity contribution is 0.0962. The summed E-state index contributed by atoms with van der Waals surface area (Å²) in [5, 5.41) is 4.74. The average molecular weight is 315 g/mol. The molecule has 3 nitrogen and oxygen atoms in total. The number of amides is 1. The van der Waals surface area contributed by atoms with Crippen LogP contribution in [0.4, 0.5) is 0 Å². The maximum atomic E-state index is 12.3. The van der Waals surface area contributed by atoms with E-state index in [-0.39, 0.29) is 11.7 Å². The molecular weight excluding hydrogens is 298 g/mol. The van der Waals surface area contributed by atoms with Crippen molar-refractivity contribution >= 4 is 28.5 Å². The number of carbonyl (C=O) groups excluding carboxylic acids is 2. The van der Waals surface area contributed by atoms with Crippen LogP contribution in [0.5, 0.6) is 0 Å². The second-order valence-corrected chi connectivity index (χ2v) is 5.46. The SMILES string of the molecule is CNC(=O)c1ccc(C=CC(=O)c2ccc3ccccc3c2)cc1. The van der Waals surface area contributed by atoms with Gasteiger partial charge < -0.3 is 5.32 Å². The third-order valence-corrected chi connectivity index (χ3v) is 3.86. The Kier molecular flexibility index (Phi) is 4.52. The highest BCUT2D eigenvalue weighted by Gasteiger charge is 2.04. The fraction of sp³-hybridized carbons (Fsp3) is 0.0476. The molecule has 0 radical (unpaired) electrons. The van der Waals surface area contributed by atoms with E-state index in [1.165, 1.54) is 0 Å². The van der Waals surface area contributed by atoms with Crippen molar-refractivity contribution in [1.82, 2.24) is 5.32 Å². The summed E-state index contributed by atoms with van der Waals surface area (Å²) in [5.41, 5.74) is 2.12. The van der Waals surface area contributed by atoms with Crippen LogP contribution in [-0.4, -0.2) is 18.7 Å². The van der Waals surface area contributed by atoms with E-state index in [0.717, 1.165) is 16.3 Å². The number of benzene rings is 3. The summed E-state index contributed by atoms with van der Waals surface area (Å²) in [7, 11) is 1.60. The van der Waals surface area contributed by atoms with Gasteiger partial charge in [0.25, 0.3) is 5.91 Å². The Morgan fingerprint density at radius 3 is 2.21 bits per heavy atom. The molecule has 0 saturated carbocycles. The Morgan fingerprint density at radius 1 is 0.833 bits per heavy atom. The molecule has 3 aromatic rings. The number of nitrogens with one attached hydrogen (secondary N) is 1. The van der Waals surface area contributed by atoms with Crippen LogP contribution in [0.15, 0.2) is 72.8 Å². The summed E-state index contributed by atoms with van der Waals surface area (Å²) in [5.74, 6) is -0.172. The van der Waals surface area contributed by atoms with Gasteiger partial charge in [0.2, 0.25) is 0 Å². The maximum absolute atomic E-state index is 12.3. The van der Waals surface area contributed by atoms with Gasteiger partial charge in [0.1, 0.15) is 0 Å². The fourth-order valence-corrected chi connectivity index (χ4v) is 2.50. The molecule has 0 aromatic heterocycles. The van der Waals surface area contributed by atoms with Gasteiger partial charge in [-0.25, -0.2) is 0 Å². The van der Waals surface area contributed by atoms with Gasteiger partial charge in [-0.3, -0.25) is 9.59 Å². The smallest absolute Gasteiger partial charge is 0.251 e. The van der Waals surface area contributed by atoms with Crippen LogP contribution in [0.3, 0.4) is 0 Å². The van der Waals surface area contributed by atoms with Gasteiger partial charge in [-0.05, 0) is 40.6 Å². The van der Waals surface area contributed by atoms with Crippen molar-refractivity contribution in [2.45, 2.75) is 0 Å². The Bertz CT molecular complexity index is 924. The Labute approximate surface area is 140 Å². The second kappa shape index (κ2) is 6.92. The first-order chi connectivity index (χ1) is 11.7. The highest BCUT2D eigenvalue weighted by atomic mass is 16.1. The molecule has 0 aliphatic rings. The standard InChI is InChI=1S/C21H17NO2/c1-22-21(24)17-9-6-15(7-10-17)8-13-20(23)19-12-11-16-4-2-3-5-18(16)14-19/h2-14H,1H3,(H,22,24). The van der Waals surface area contributed by atoms with Crippen LogP contribution in [0, 0.1) is 0 Å². The molecule has 0 fully saturated rings. The van der Waals surface area contributed by atoms with E-state index in [2.05, 4.69) is 5.32 Å². The first-order valence-electron chi connectivity index (χ1n) is 7.71. The van der Waals surface area contributed by atoms with E-state index in [1.54, 1.807) is 31.3 Å². The van der Waals surface area contributed by atoms with E-state index in [0.29, 0.717) is 11.1 Å². The predicted molar refractivity (Wildman–Crippen MR) is 97.1 cm³/mol. The molecule has 118 valence electrons. The number of carbonyl (C=O) groups is 2. The maximum Gasteiger partial charge on any atom is 0.251 e. The molecule has 0 atom stereocenters. The zero-order chi connectivity index (χ0) is 16.9. The molecule has 3 heteroatoms. The Morgan fingerprint density at radius 2 is 1.50 bits per heavy atom. The van der Waals surface area contributed by atoms with Gasteiger partial charge in [-0.2, -0.15) is 0 Å². The van der Waals surface area contributed by atoms with E-state index in [4.69, 9.17) is 0 Å². The van der Waals surface area contributed by atoms with Gasteiger partial charge in [0.15, 0.2) is 5.78 Å². The molecule has 0 heterocycles. The van der Waals surface area contributed by atoms with Crippen molar-refractivity contribution in [3.63, 3.8) is 0 Å². The van der Waals surface area contributed by atoms with Gasteiger partial charge in [-0.1, -0.05) is 54.6 Å². The average Bonchev–Trinajstić information content (AvgIpc) is 2.65. The Hall–Kier alpha value is -3.20. The van der Waals surface area contributed by atoms with Crippen LogP contribution >= 0.6 is 0 Å². The molecule has 3 rings (SSSR count). The van der Waals surface area contributed by atoms with Crippen LogP contribution in [0.2, 0.25) is 0 Å². The summed E-state index contributed by atoms with van der Waals surface area (Å²) < 4.78 is 0. The quantitative estimate of drug-likeness (QED) is 0.582. The predicted octanol–water partition coefficient (Wildman–Crippen LogP) is 4.10. The van der Waals surface area contributed by atoms with Gasteiger partial charge in [-0.15, -0.1) is 0 Å². The third kappa shape index (κ3) is 3.41.